The molecule has 0 aliphatic carbocycles. The number of carbonyl (C=O) groups is 1. The topological polar surface area (TPSA) is 71.5 Å². The summed E-state index contributed by atoms with van der Waals surface area (Å²) >= 11 is 1.46. The molecule has 0 saturated heterocycles. The zero-order valence-corrected chi connectivity index (χ0v) is 12.6. The fraction of sp³-hybridized carbons (Fsp3) is 0.0667. The predicted octanol–water partition coefficient (Wildman–Crippen LogP) is 1.91. The molecule has 2 heterocycles. The highest BCUT2D eigenvalue weighted by atomic mass is 32.1. The van der Waals surface area contributed by atoms with Crippen molar-refractivity contribution < 1.29 is 18.9 Å². The molecule has 0 bridgehead atoms. The third kappa shape index (κ3) is 2.50. The lowest BCUT2D eigenvalue weighted by atomic mass is 9.78. The van der Waals surface area contributed by atoms with Crippen molar-refractivity contribution in [2.24, 2.45) is 0 Å². The molecule has 0 unspecified atom stereocenters. The number of fused-ring (bicyclic) bond motifs is 2. The number of benzene rings is 2. The Morgan fingerprint density at radius 2 is 2.26 bits per heavy atom. The molecule has 23 heavy (non-hydrogen) atoms. The lowest BCUT2D eigenvalue weighted by Gasteiger charge is -2.08. The first kappa shape index (κ1) is 14.3. The van der Waals surface area contributed by atoms with E-state index in [1.54, 1.807) is 23.7 Å². The van der Waals surface area contributed by atoms with Gasteiger partial charge in [-0.2, -0.15) is 0 Å². The second kappa shape index (κ2) is 5.41. The van der Waals surface area contributed by atoms with Crippen LogP contribution in [0.3, 0.4) is 0 Å². The fourth-order valence-electron chi connectivity index (χ4n) is 2.55. The van der Waals surface area contributed by atoms with E-state index in [0.717, 1.165) is 10.2 Å². The molecule has 1 amide bonds. The Hall–Kier alpha value is -2.29. The van der Waals surface area contributed by atoms with Gasteiger partial charge in [0.2, 0.25) is 0 Å². The Labute approximate surface area is 134 Å². The van der Waals surface area contributed by atoms with Crippen molar-refractivity contribution in [3.63, 3.8) is 0 Å². The Morgan fingerprint density at radius 3 is 3.13 bits per heavy atom. The summed E-state index contributed by atoms with van der Waals surface area (Å²) in [7, 11) is -1.12. The Morgan fingerprint density at radius 1 is 1.39 bits per heavy atom. The van der Waals surface area contributed by atoms with Gasteiger partial charge in [0.25, 0.3) is 5.91 Å². The van der Waals surface area contributed by atoms with Crippen LogP contribution in [0.15, 0.2) is 35.8 Å². The minimum absolute atomic E-state index is 0.127. The number of thiazole rings is 1. The molecule has 8 heteroatoms. The van der Waals surface area contributed by atoms with E-state index in [9.17, 15) is 14.2 Å². The standard InChI is InChI=1S/C15H10BFN2O3S/c17-12-3-8-6-22-16(21)11(8)5-10(12)15(20)19-9-1-2-13-14(4-9)23-7-18-13/h1-5,7,21H,6H2,(H,19,20). The Balaban J connectivity index is 1.65. The van der Waals surface area contributed by atoms with Crippen LogP contribution in [0.1, 0.15) is 15.9 Å². The third-order valence-corrected chi connectivity index (χ3v) is 4.52. The predicted molar refractivity (Wildman–Crippen MR) is 86.4 cm³/mol. The molecule has 1 aliphatic rings. The number of aromatic nitrogens is 1. The summed E-state index contributed by atoms with van der Waals surface area (Å²) in [6.45, 7) is 0.136. The van der Waals surface area contributed by atoms with Crippen LogP contribution in [-0.2, 0) is 11.3 Å². The van der Waals surface area contributed by atoms with Gasteiger partial charge in [0, 0.05) is 5.69 Å². The van der Waals surface area contributed by atoms with E-state index in [1.807, 2.05) is 0 Å². The van der Waals surface area contributed by atoms with Gasteiger partial charge in [-0.25, -0.2) is 9.37 Å². The first-order valence-electron chi connectivity index (χ1n) is 6.88. The highest BCUT2D eigenvalue weighted by Crippen LogP contribution is 2.23. The molecule has 0 radical (unpaired) electrons. The summed E-state index contributed by atoms with van der Waals surface area (Å²) in [4.78, 5) is 16.5. The number of hydrogen-bond acceptors (Lipinski definition) is 5. The van der Waals surface area contributed by atoms with Gasteiger partial charge in [0.15, 0.2) is 0 Å². The van der Waals surface area contributed by atoms with Gasteiger partial charge < -0.3 is 15.0 Å². The maximum absolute atomic E-state index is 14.1. The number of nitrogens with one attached hydrogen (secondary N) is 1. The van der Waals surface area contributed by atoms with Crippen LogP contribution >= 0.6 is 11.3 Å². The van der Waals surface area contributed by atoms with E-state index in [4.69, 9.17) is 4.65 Å². The van der Waals surface area contributed by atoms with Crippen LogP contribution in [0, 0.1) is 5.82 Å². The van der Waals surface area contributed by atoms with E-state index in [1.165, 1.54) is 23.5 Å². The van der Waals surface area contributed by atoms with Crippen molar-refractivity contribution in [1.82, 2.24) is 4.98 Å². The monoisotopic (exact) mass is 328 g/mol. The number of hydrogen-bond donors (Lipinski definition) is 2. The molecule has 114 valence electrons. The lowest BCUT2D eigenvalue weighted by Crippen LogP contribution is -2.30. The van der Waals surface area contributed by atoms with Gasteiger partial charge in [-0.15, -0.1) is 11.3 Å². The van der Waals surface area contributed by atoms with Crippen molar-refractivity contribution in [2.75, 3.05) is 5.32 Å². The third-order valence-electron chi connectivity index (χ3n) is 3.73. The summed E-state index contributed by atoms with van der Waals surface area (Å²) in [6, 6.07) is 7.85. The quantitative estimate of drug-likeness (QED) is 0.705. The molecule has 0 fully saturated rings. The molecule has 2 aromatic carbocycles. The fourth-order valence-corrected chi connectivity index (χ4v) is 3.27. The number of nitrogens with zero attached hydrogens (tertiary/aromatic N) is 1. The summed E-state index contributed by atoms with van der Waals surface area (Å²) < 4.78 is 20.1. The molecule has 3 aromatic rings. The van der Waals surface area contributed by atoms with Gasteiger partial charge in [-0.3, -0.25) is 4.79 Å². The minimum Gasteiger partial charge on any atom is -0.423 e. The van der Waals surface area contributed by atoms with Gasteiger partial charge in [-0.1, -0.05) is 0 Å². The molecular formula is C15H10BFN2O3S. The molecular weight excluding hydrogens is 318 g/mol. The first-order valence-corrected chi connectivity index (χ1v) is 7.76. The van der Waals surface area contributed by atoms with Crippen LogP contribution < -0.4 is 10.8 Å². The highest BCUT2D eigenvalue weighted by molar-refractivity contribution is 7.16. The molecule has 1 aromatic heterocycles. The lowest BCUT2D eigenvalue weighted by molar-refractivity contribution is 0.102. The van der Waals surface area contributed by atoms with Crippen LogP contribution in [0.4, 0.5) is 10.1 Å². The second-order valence-corrected chi connectivity index (χ2v) is 6.07. The number of amides is 1. The number of carbonyl (C=O) groups excluding carboxylic acids is 1. The van der Waals surface area contributed by atoms with Gasteiger partial charge in [-0.05, 0) is 41.4 Å². The summed E-state index contributed by atoms with van der Waals surface area (Å²) in [5, 5.41) is 12.3. The van der Waals surface area contributed by atoms with Crippen molar-refractivity contribution in [1.29, 1.82) is 0 Å². The second-order valence-electron chi connectivity index (χ2n) is 5.18. The largest absolute Gasteiger partial charge is 0.491 e. The minimum atomic E-state index is -1.12. The van der Waals surface area contributed by atoms with Crippen LogP contribution in [0.2, 0.25) is 0 Å². The Kier molecular flexibility index (Phi) is 3.37. The zero-order chi connectivity index (χ0) is 16.0. The van der Waals surface area contributed by atoms with Crippen molar-refractivity contribution >= 4 is 45.7 Å². The molecule has 2 N–H and O–H groups in total. The maximum Gasteiger partial charge on any atom is 0.491 e. The Bertz CT molecular complexity index is 930. The summed E-state index contributed by atoms with van der Waals surface area (Å²) in [5.41, 5.74) is 3.97. The highest BCUT2D eigenvalue weighted by Gasteiger charge is 2.30. The van der Waals surface area contributed by atoms with E-state index in [0.29, 0.717) is 16.7 Å². The van der Waals surface area contributed by atoms with Crippen molar-refractivity contribution in [3.05, 3.63) is 52.8 Å². The molecule has 0 saturated carbocycles. The average Bonchev–Trinajstić information content (AvgIpc) is 3.13. The molecule has 0 spiro atoms. The molecule has 0 atom stereocenters. The van der Waals surface area contributed by atoms with E-state index >= 15 is 0 Å². The van der Waals surface area contributed by atoms with E-state index in [-0.39, 0.29) is 12.2 Å². The van der Waals surface area contributed by atoms with E-state index in [2.05, 4.69) is 10.3 Å². The SMILES string of the molecule is O=C(Nc1ccc2ncsc2c1)c1cc2c(cc1F)COB2O. The first-order chi connectivity index (χ1) is 11.1. The van der Waals surface area contributed by atoms with Crippen molar-refractivity contribution in [3.8, 4) is 0 Å². The van der Waals surface area contributed by atoms with Crippen molar-refractivity contribution in [2.45, 2.75) is 6.61 Å². The molecule has 4 rings (SSSR count). The van der Waals surface area contributed by atoms with Gasteiger partial charge >= 0.3 is 7.12 Å². The molecule has 5 nitrogen and oxygen atoms in total. The number of anilines is 1. The van der Waals surface area contributed by atoms with Crippen LogP contribution in [0.5, 0.6) is 0 Å². The average molecular weight is 328 g/mol. The zero-order valence-electron chi connectivity index (χ0n) is 11.7. The smallest absolute Gasteiger partial charge is 0.423 e. The van der Waals surface area contributed by atoms with Gasteiger partial charge in [0.1, 0.15) is 5.82 Å². The summed E-state index contributed by atoms with van der Waals surface area (Å²) in [5.74, 6) is -1.22. The van der Waals surface area contributed by atoms with Crippen LogP contribution in [0.25, 0.3) is 10.2 Å². The normalized spacial score (nSPS) is 13.4. The van der Waals surface area contributed by atoms with Crippen LogP contribution in [-0.4, -0.2) is 23.0 Å². The molecule has 1 aliphatic heterocycles. The van der Waals surface area contributed by atoms with Gasteiger partial charge in [0.05, 0.1) is 27.9 Å². The maximum atomic E-state index is 14.1. The summed E-state index contributed by atoms with van der Waals surface area (Å²) in [6.07, 6.45) is 0. The van der Waals surface area contributed by atoms with E-state index < -0.39 is 18.8 Å². The number of rotatable bonds is 2. The number of halogens is 1.